The molecule has 0 saturated heterocycles. The van der Waals surface area contributed by atoms with Gasteiger partial charge in [-0.25, -0.2) is 0 Å². The van der Waals surface area contributed by atoms with E-state index in [9.17, 15) is 9.59 Å². The summed E-state index contributed by atoms with van der Waals surface area (Å²) in [5, 5.41) is 5.61. The van der Waals surface area contributed by atoms with Gasteiger partial charge >= 0.3 is 0 Å². The van der Waals surface area contributed by atoms with Gasteiger partial charge in [0.15, 0.2) is 5.76 Å². The third kappa shape index (κ3) is 4.72. The summed E-state index contributed by atoms with van der Waals surface area (Å²) < 4.78 is 4.97. The van der Waals surface area contributed by atoms with Gasteiger partial charge in [0.1, 0.15) is 0 Å². The minimum Gasteiger partial charge on any atom is -0.459 e. The first kappa shape index (κ1) is 14.6. The average molecular weight is 278 g/mol. The predicted molar refractivity (Wildman–Crippen MR) is 75.2 cm³/mol. The molecule has 2 N–H and O–H groups in total. The first-order chi connectivity index (χ1) is 9.75. The van der Waals surface area contributed by atoms with Crippen LogP contribution in [0.1, 0.15) is 49.1 Å². The van der Waals surface area contributed by atoms with Crippen molar-refractivity contribution in [3.05, 3.63) is 24.2 Å². The van der Waals surface area contributed by atoms with Crippen LogP contribution in [0.25, 0.3) is 0 Å². The van der Waals surface area contributed by atoms with Crippen LogP contribution in [0.2, 0.25) is 0 Å². The van der Waals surface area contributed by atoms with Crippen molar-refractivity contribution in [2.75, 3.05) is 13.1 Å². The van der Waals surface area contributed by atoms with E-state index in [1.807, 2.05) is 0 Å². The molecule has 110 valence electrons. The molecule has 20 heavy (non-hydrogen) atoms. The van der Waals surface area contributed by atoms with E-state index in [0.717, 1.165) is 6.54 Å². The maximum atomic E-state index is 11.7. The molecular formula is C15H22N2O3. The zero-order valence-electron chi connectivity index (χ0n) is 11.7. The summed E-state index contributed by atoms with van der Waals surface area (Å²) in [6, 6.07) is 3.25. The summed E-state index contributed by atoms with van der Waals surface area (Å²) in [6.45, 7) is 1.10. The number of rotatable bonds is 6. The summed E-state index contributed by atoms with van der Waals surface area (Å²) in [4.78, 5) is 23.2. The Bertz CT molecular complexity index is 422. The van der Waals surface area contributed by atoms with Gasteiger partial charge in [0.25, 0.3) is 5.91 Å². The monoisotopic (exact) mass is 278 g/mol. The largest absolute Gasteiger partial charge is 0.459 e. The topological polar surface area (TPSA) is 71.3 Å². The highest BCUT2D eigenvalue weighted by molar-refractivity contribution is 5.91. The number of furan rings is 1. The maximum Gasteiger partial charge on any atom is 0.286 e. The summed E-state index contributed by atoms with van der Waals surface area (Å²) in [5.74, 6) is 0.614. The van der Waals surface area contributed by atoms with Crippen molar-refractivity contribution in [2.24, 2.45) is 5.92 Å². The number of nitrogens with one attached hydrogen (secondary N) is 2. The first-order valence-electron chi connectivity index (χ1n) is 7.34. The molecule has 1 saturated carbocycles. The fourth-order valence-electron chi connectivity index (χ4n) is 2.52. The first-order valence-corrected chi connectivity index (χ1v) is 7.34. The molecule has 1 aliphatic rings. The lowest BCUT2D eigenvalue weighted by Gasteiger charge is -2.21. The van der Waals surface area contributed by atoms with Crippen LogP contribution in [-0.2, 0) is 4.79 Å². The highest BCUT2D eigenvalue weighted by Crippen LogP contribution is 2.22. The highest BCUT2D eigenvalue weighted by Gasteiger charge is 2.14. The molecule has 2 amide bonds. The summed E-state index contributed by atoms with van der Waals surface area (Å²) in [6.07, 6.45) is 8.07. The van der Waals surface area contributed by atoms with Crippen LogP contribution in [0.15, 0.2) is 22.8 Å². The van der Waals surface area contributed by atoms with Crippen LogP contribution in [0.4, 0.5) is 0 Å². The van der Waals surface area contributed by atoms with Gasteiger partial charge in [-0.15, -0.1) is 0 Å². The third-order valence-electron chi connectivity index (χ3n) is 3.70. The van der Waals surface area contributed by atoms with E-state index in [2.05, 4.69) is 10.6 Å². The van der Waals surface area contributed by atoms with Crippen LogP contribution in [0.5, 0.6) is 0 Å². The molecule has 0 radical (unpaired) electrons. The normalized spacial score (nSPS) is 15.8. The smallest absolute Gasteiger partial charge is 0.286 e. The molecule has 5 nitrogen and oxygen atoms in total. The van der Waals surface area contributed by atoms with Gasteiger partial charge in [-0.3, -0.25) is 9.59 Å². The molecule has 0 aliphatic heterocycles. The summed E-state index contributed by atoms with van der Waals surface area (Å²) in [7, 11) is 0. The minimum absolute atomic E-state index is 0.00433. The number of amides is 2. The van der Waals surface area contributed by atoms with Crippen molar-refractivity contribution in [3.63, 3.8) is 0 Å². The van der Waals surface area contributed by atoms with E-state index in [4.69, 9.17) is 4.42 Å². The maximum absolute atomic E-state index is 11.7. The Labute approximate surface area is 119 Å². The molecule has 0 atom stereocenters. The van der Waals surface area contributed by atoms with Gasteiger partial charge in [0.2, 0.25) is 5.91 Å². The second-order valence-corrected chi connectivity index (χ2v) is 5.29. The molecule has 1 aromatic rings. The fourth-order valence-corrected chi connectivity index (χ4v) is 2.52. The van der Waals surface area contributed by atoms with Gasteiger partial charge in [-0.1, -0.05) is 19.3 Å². The standard InChI is InChI=1S/C15H22N2O3/c18-14(17-11-12-5-2-1-3-6-12)8-9-16-15(19)13-7-4-10-20-13/h4,7,10,12H,1-3,5-6,8-9,11H2,(H,16,19)(H,17,18). The van der Waals surface area contributed by atoms with Crippen LogP contribution in [-0.4, -0.2) is 24.9 Å². The van der Waals surface area contributed by atoms with E-state index in [0.29, 0.717) is 18.9 Å². The second-order valence-electron chi connectivity index (χ2n) is 5.29. The molecule has 2 rings (SSSR count). The average Bonchev–Trinajstić information content (AvgIpc) is 3.00. The Morgan fingerprint density at radius 1 is 1.20 bits per heavy atom. The molecule has 1 aliphatic carbocycles. The molecule has 0 spiro atoms. The van der Waals surface area contributed by atoms with Gasteiger partial charge in [0, 0.05) is 19.5 Å². The quantitative estimate of drug-likeness (QED) is 0.837. The molecule has 1 heterocycles. The Morgan fingerprint density at radius 2 is 2.00 bits per heavy atom. The van der Waals surface area contributed by atoms with E-state index < -0.39 is 0 Å². The van der Waals surface area contributed by atoms with Crippen molar-refractivity contribution in [1.82, 2.24) is 10.6 Å². The Balaban J connectivity index is 1.57. The van der Waals surface area contributed by atoms with Crippen LogP contribution >= 0.6 is 0 Å². The van der Waals surface area contributed by atoms with Gasteiger partial charge in [-0.2, -0.15) is 0 Å². The zero-order valence-corrected chi connectivity index (χ0v) is 11.7. The van der Waals surface area contributed by atoms with Crippen molar-refractivity contribution >= 4 is 11.8 Å². The molecule has 1 fully saturated rings. The van der Waals surface area contributed by atoms with E-state index in [1.54, 1.807) is 12.1 Å². The van der Waals surface area contributed by atoms with Crippen LogP contribution in [0.3, 0.4) is 0 Å². The lowest BCUT2D eigenvalue weighted by Crippen LogP contribution is -2.33. The fraction of sp³-hybridized carbons (Fsp3) is 0.600. The number of hydrogen-bond donors (Lipinski definition) is 2. The Kier molecular flexibility index (Phi) is 5.65. The van der Waals surface area contributed by atoms with Crippen molar-refractivity contribution in [2.45, 2.75) is 38.5 Å². The molecule has 5 heteroatoms. The lowest BCUT2D eigenvalue weighted by atomic mass is 9.89. The number of carbonyl (C=O) groups excluding carboxylic acids is 2. The van der Waals surface area contributed by atoms with Crippen molar-refractivity contribution in [1.29, 1.82) is 0 Å². The predicted octanol–water partition coefficient (Wildman–Crippen LogP) is 2.10. The number of hydrogen-bond acceptors (Lipinski definition) is 3. The summed E-state index contributed by atoms with van der Waals surface area (Å²) >= 11 is 0. The third-order valence-corrected chi connectivity index (χ3v) is 3.70. The number of carbonyl (C=O) groups is 2. The van der Waals surface area contributed by atoms with Crippen molar-refractivity contribution in [3.8, 4) is 0 Å². The van der Waals surface area contributed by atoms with Crippen molar-refractivity contribution < 1.29 is 14.0 Å². The van der Waals surface area contributed by atoms with E-state index in [-0.39, 0.29) is 17.6 Å². The Hall–Kier alpha value is -1.78. The molecule has 0 unspecified atom stereocenters. The molecular weight excluding hydrogens is 256 g/mol. The summed E-state index contributed by atoms with van der Waals surface area (Å²) in [5.41, 5.74) is 0. The van der Waals surface area contributed by atoms with E-state index in [1.165, 1.54) is 38.4 Å². The second kappa shape index (κ2) is 7.72. The van der Waals surface area contributed by atoms with Gasteiger partial charge < -0.3 is 15.1 Å². The lowest BCUT2D eigenvalue weighted by molar-refractivity contribution is -0.121. The molecule has 1 aromatic heterocycles. The van der Waals surface area contributed by atoms with Crippen LogP contribution < -0.4 is 10.6 Å². The van der Waals surface area contributed by atoms with E-state index >= 15 is 0 Å². The highest BCUT2D eigenvalue weighted by atomic mass is 16.3. The Morgan fingerprint density at radius 3 is 2.70 bits per heavy atom. The van der Waals surface area contributed by atoms with Gasteiger partial charge in [-0.05, 0) is 30.9 Å². The van der Waals surface area contributed by atoms with Gasteiger partial charge in [0.05, 0.1) is 6.26 Å². The molecule has 0 bridgehead atoms. The zero-order chi connectivity index (χ0) is 14.2. The SMILES string of the molecule is O=C(CCNC(=O)c1ccco1)NCC1CCCCC1. The molecule has 0 aromatic carbocycles. The van der Waals surface area contributed by atoms with Crippen LogP contribution in [0, 0.1) is 5.92 Å². The minimum atomic E-state index is -0.282.